The fourth-order valence-corrected chi connectivity index (χ4v) is 6.81. The number of rotatable bonds is 8. The number of aliphatic hydroxyl groups is 6. The molecule has 2 aliphatic carbocycles. The van der Waals surface area contributed by atoms with Gasteiger partial charge in [-0.15, -0.1) is 0 Å². The van der Waals surface area contributed by atoms with Crippen LogP contribution in [0.15, 0.2) is 23.8 Å². The van der Waals surface area contributed by atoms with Crippen molar-refractivity contribution in [3.8, 4) is 0 Å². The van der Waals surface area contributed by atoms with Gasteiger partial charge in [-0.25, -0.2) is 0 Å². The quantitative estimate of drug-likeness (QED) is 0.283. The van der Waals surface area contributed by atoms with Gasteiger partial charge in [0.2, 0.25) is 0 Å². The molecule has 8 nitrogen and oxygen atoms in total. The lowest BCUT2D eigenvalue weighted by Crippen LogP contribution is -2.61. The Labute approximate surface area is 202 Å². The number of aliphatic hydroxyl groups excluding tert-OH is 6. The fourth-order valence-electron chi connectivity index (χ4n) is 6.81. The number of hydrogen-bond acceptors (Lipinski definition) is 8. The summed E-state index contributed by atoms with van der Waals surface area (Å²) in [5, 5.41) is 60.3. The molecule has 3 rings (SSSR count). The number of fused-ring (bicyclic) bond motifs is 1. The Bertz CT molecular complexity index is 738. The molecule has 0 aromatic rings. The summed E-state index contributed by atoms with van der Waals surface area (Å²) >= 11 is 0. The largest absolute Gasteiger partial charge is 0.394 e. The molecule has 0 aromatic heterocycles. The molecular weight excluding hydrogens is 440 g/mol. The molecule has 0 amide bonds. The van der Waals surface area contributed by atoms with Gasteiger partial charge in [0, 0.05) is 5.41 Å². The zero-order chi connectivity index (χ0) is 25.3. The Morgan fingerprint density at radius 3 is 2.47 bits per heavy atom. The first-order valence-electron chi connectivity index (χ1n) is 12.5. The van der Waals surface area contributed by atoms with Crippen molar-refractivity contribution in [2.45, 2.75) is 96.1 Å². The maximum atomic E-state index is 11.1. The summed E-state index contributed by atoms with van der Waals surface area (Å²) in [5.41, 5.74) is 1.71. The van der Waals surface area contributed by atoms with E-state index in [1.54, 1.807) is 0 Å². The van der Waals surface area contributed by atoms with Crippen molar-refractivity contribution in [2.75, 3.05) is 19.8 Å². The summed E-state index contributed by atoms with van der Waals surface area (Å²) in [5.74, 6) is 0.429. The Balaban J connectivity index is 1.78. The molecule has 0 unspecified atom stereocenters. The molecule has 196 valence electrons. The van der Waals surface area contributed by atoms with E-state index in [0.29, 0.717) is 6.42 Å². The second-order valence-corrected chi connectivity index (χ2v) is 11.1. The van der Waals surface area contributed by atoms with E-state index in [1.807, 2.05) is 19.9 Å². The number of allylic oxidation sites excluding steroid dienone is 2. The minimum absolute atomic E-state index is 0.0386. The van der Waals surface area contributed by atoms with E-state index in [4.69, 9.17) is 9.47 Å². The average molecular weight is 485 g/mol. The number of hydrogen-bond donors (Lipinski definition) is 6. The van der Waals surface area contributed by atoms with Crippen LogP contribution < -0.4 is 0 Å². The molecule has 3 aliphatic rings. The third-order valence-corrected chi connectivity index (χ3v) is 9.03. The maximum absolute atomic E-state index is 11.1. The van der Waals surface area contributed by atoms with Crippen molar-refractivity contribution >= 4 is 0 Å². The summed E-state index contributed by atoms with van der Waals surface area (Å²) < 4.78 is 11.5. The van der Waals surface area contributed by atoms with Gasteiger partial charge in [0.1, 0.15) is 24.4 Å². The van der Waals surface area contributed by atoms with Crippen molar-refractivity contribution in [2.24, 2.45) is 22.7 Å². The third kappa shape index (κ3) is 5.15. The van der Waals surface area contributed by atoms with E-state index in [0.717, 1.165) is 37.7 Å². The minimum Gasteiger partial charge on any atom is -0.394 e. The van der Waals surface area contributed by atoms with Gasteiger partial charge < -0.3 is 40.1 Å². The van der Waals surface area contributed by atoms with Crippen molar-refractivity contribution < 1.29 is 40.1 Å². The zero-order valence-corrected chi connectivity index (χ0v) is 20.8. The SMILES string of the molecule is C=C1CC[C@@H]2[C@@](C)(CO[C@@H]3O[C@H](CO)[C@H](O)[C@H](O)[C@H]3O)[C@H](O)CC[C@@]2(C)[C@@H]1CC/C(C)=C/CO. The van der Waals surface area contributed by atoms with Crippen LogP contribution in [-0.2, 0) is 9.47 Å². The predicted octanol–water partition coefficient (Wildman–Crippen LogP) is 1.27. The highest BCUT2D eigenvalue weighted by molar-refractivity contribution is 5.18. The third-order valence-electron chi connectivity index (χ3n) is 9.03. The van der Waals surface area contributed by atoms with Gasteiger partial charge in [0.05, 0.1) is 25.9 Å². The lowest BCUT2D eigenvalue weighted by atomic mass is 9.46. The molecule has 6 N–H and O–H groups in total. The van der Waals surface area contributed by atoms with Crippen LogP contribution in [0, 0.1) is 22.7 Å². The molecule has 10 atom stereocenters. The summed E-state index contributed by atoms with van der Waals surface area (Å²) in [6.07, 6.45) is -0.335. The highest BCUT2D eigenvalue weighted by Crippen LogP contribution is 2.62. The molecule has 0 radical (unpaired) electrons. The van der Waals surface area contributed by atoms with E-state index in [9.17, 15) is 30.6 Å². The Kier molecular flexibility index (Phi) is 9.02. The first-order chi connectivity index (χ1) is 16.0. The van der Waals surface area contributed by atoms with Crippen LogP contribution >= 0.6 is 0 Å². The molecule has 1 saturated heterocycles. The van der Waals surface area contributed by atoms with Crippen molar-refractivity contribution in [1.29, 1.82) is 0 Å². The molecule has 2 saturated carbocycles. The van der Waals surface area contributed by atoms with Crippen LogP contribution in [0.2, 0.25) is 0 Å². The lowest BCUT2D eigenvalue weighted by molar-refractivity contribution is -0.313. The van der Waals surface area contributed by atoms with Crippen LogP contribution in [0.3, 0.4) is 0 Å². The molecule has 0 spiro atoms. The van der Waals surface area contributed by atoms with Gasteiger partial charge in [0.15, 0.2) is 6.29 Å². The summed E-state index contributed by atoms with van der Waals surface area (Å²) in [7, 11) is 0. The first-order valence-corrected chi connectivity index (χ1v) is 12.5. The second kappa shape index (κ2) is 11.0. The standard InChI is InChI=1S/C26H44O8/c1-15(10-12-27)5-7-17-16(2)6-8-19-25(17,3)11-9-20(29)26(19,4)14-33-24-23(32)22(31)21(30)18(13-28)34-24/h10,17-24,27-32H,2,5-9,11-14H2,1,3-4H3/b15-10+/t17-,18-,19+,20-,21+,22+,23-,24-,25+,26-/m1/s1. The first kappa shape index (κ1) is 27.7. The molecule has 3 fully saturated rings. The molecule has 0 aromatic carbocycles. The smallest absolute Gasteiger partial charge is 0.186 e. The molecule has 34 heavy (non-hydrogen) atoms. The molecule has 1 aliphatic heterocycles. The maximum Gasteiger partial charge on any atom is 0.186 e. The van der Waals surface area contributed by atoms with Crippen LogP contribution in [-0.4, -0.2) is 87.3 Å². The van der Waals surface area contributed by atoms with Gasteiger partial charge >= 0.3 is 0 Å². The monoisotopic (exact) mass is 484 g/mol. The highest BCUT2D eigenvalue weighted by Gasteiger charge is 2.58. The van der Waals surface area contributed by atoms with Crippen LogP contribution in [0.4, 0.5) is 0 Å². The molecular formula is C26H44O8. The van der Waals surface area contributed by atoms with Crippen molar-refractivity contribution in [3.05, 3.63) is 23.8 Å². The molecule has 0 bridgehead atoms. The summed E-state index contributed by atoms with van der Waals surface area (Å²) in [6, 6.07) is 0. The normalized spacial score (nSPS) is 45.8. The van der Waals surface area contributed by atoms with E-state index in [-0.39, 0.29) is 30.5 Å². The lowest BCUT2D eigenvalue weighted by Gasteiger charge is -2.60. The van der Waals surface area contributed by atoms with E-state index in [2.05, 4.69) is 13.5 Å². The highest BCUT2D eigenvalue weighted by atomic mass is 16.7. The minimum atomic E-state index is -1.50. The van der Waals surface area contributed by atoms with E-state index in [1.165, 1.54) is 5.57 Å². The van der Waals surface area contributed by atoms with Crippen molar-refractivity contribution in [3.63, 3.8) is 0 Å². The van der Waals surface area contributed by atoms with E-state index >= 15 is 0 Å². The summed E-state index contributed by atoms with van der Waals surface area (Å²) in [6.45, 7) is 10.4. The van der Waals surface area contributed by atoms with Gasteiger partial charge in [0.25, 0.3) is 0 Å². The van der Waals surface area contributed by atoms with Crippen molar-refractivity contribution in [1.82, 2.24) is 0 Å². The van der Waals surface area contributed by atoms with Gasteiger partial charge in [-0.1, -0.05) is 37.6 Å². The van der Waals surface area contributed by atoms with Gasteiger partial charge in [-0.3, -0.25) is 0 Å². The topological polar surface area (TPSA) is 140 Å². The second-order valence-electron chi connectivity index (χ2n) is 11.1. The van der Waals surface area contributed by atoms with Crippen LogP contribution in [0.1, 0.15) is 59.3 Å². The van der Waals surface area contributed by atoms with Crippen LogP contribution in [0.25, 0.3) is 0 Å². The Morgan fingerprint density at radius 2 is 1.82 bits per heavy atom. The zero-order valence-electron chi connectivity index (χ0n) is 20.8. The van der Waals surface area contributed by atoms with Gasteiger partial charge in [-0.05, 0) is 62.7 Å². The average Bonchev–Trinajstić information content (AvgIpc) is 2.79. The van der Waals surface area contributed by atoms with E-state index < -0.39 is 48.8 Å². The Hall–Kier alpha value is -0.840. The molecule has 1 heterocycles. The molecule has 8 heteroatoms. The number of ether oxygens (including phenoxy) is 2. The van der Waals surface area contributed by atoms with Gasteiger partial charge in [-0.2, -0.15) is 0 Å². The fraction of sp³-hybridized carbons (Fsp3) is 0.846. The summed E-state index contributed by atoms with van der Waals surface area (Å²) in [4.78, 5) is 0. The predicted molar refractivity (Wildman–Crippen MR) is 127 cm³/mol. The Morgan fingerprint density at radius 1 is 1.12 bits per heavy atom. The van der Waals surface area contributed by atoms with Crippen LogP contribution in [0.5, 0.6) is 0 Å².